The summed E-state index contributed by atoms with van der Waals surface area (Å²) in [6.45, 7) is 2.02. The van der Waals surface area contributed by atoms with Crippen molar-refractivity contribution >= 4 is 43.2 Å². The molecule has 0 spiro atoms. The van der Waals surface area contributed by atoms with E-state index in [-0.39, 0.29) is 0 Å². The van der Waals surface area contributed by atoms with Gasteiger partial charge in [-0.2, -0.15) is 0 Å². The van der Waals surface area contributed by atoms with E-state index >= 15 is 0 Å². The maximum atomic E-state index is 10.2. The second-order valence-corrected chi connectivity index (χ2v) is 6.20. The van der Waals surface area contributed by atoms with Crippen LogP contribution in [0.15, 0.2) is 38.6 Å². The summed E-state index contributed by atoms with van der Waals surface area (Å²) in [6.07, 6.45) is -0.554. The standard InChI is InChI=1S/C12H10Br2OS/c1-7-6-8(2-3-9(7)13)11(15)12-10(14)4-5-16-12/h2-6,11,15H,1H3. The molecule has 0 aliphatic carbocycles. The SMILES string of the molecule is Cc1cc(C(O)c2sccc2Br)ccc1Br. The second kappa shape index (κ2) is 5.00. The molecule has 1 aromatic heterocycles. The van der Waals surface area contributed by atoms with Crippen molar-refractivity contribution < 1.29 is 5.11 Å². The molecule has 16 heavy (non-hydrogen) atoms. The van der Waals surface area contributed by atoms with Crippen LogP contribution >= 0.6 is 43.2 Å². The van der Waals surface area contributed by atoms with E-state index in [1.807, 2.05) is 36.6 Å². The number of aliphatic hydroxyl groups excluding tert-OH is 1. The summed E-state index contributed by atoms with van der Waals surface area (Å²) in [4.78, 5) is 0.946. The molecule has 0 amide bonds. The lowest BCUT2D eigenvalue weighted by molar-refractivity contribution is 0.223. The van der Waals surface area contributed by atoms with E-state index in [0.717, 1.165) is 24.9 Å². The predicted octanol–water partition coefficient (Wildman–Crippen LogP) is 4.66. The van der Waals surface area contributed by atoms with E-state index in [2.05, 4.69) is 31.9 Å². The quantitative estimate of drug-likeness (QED) is 0.824. The Bertz CT molecular complexity index is 507. The number of hydrogen-bond acceptors (Lipinski definition) is 2. The molecule has 0 saturated heterocycles. The molecule has 1 aromatic carbocycles. The molecule has 0 aliphatic rings. The molecule has 0 aliphatic heterocycles. The van der Waals surface area contributed by atoms with Gasteiger partial charge in [-0.05, 0) is 51.5 Å². The third kappa shape index (κ3) is 2.40. The van der Waals surface area contributed by atoms with Gasteiger partial charge in [0.25, 0.3) is 0 Å². The number of hydrogen-bond donors (Lipinski definition) is 1. The van der Waals surface area contributed by atoms with Crippen LogP contribution < -0.4 is 0 Å². The van der Waals surface area contributed by atoms with Crippen molar-refractivity contribution in [3.63, 3.8) is 0 Å². The molecule has 2 rings (SSSR count). The first kappa shape index (κ1) is 12.3. The molecular formula is C12H10Br2OS. The van der Waals surface area contributed by atoms with E-state index in [4.69, 9.17) is 0 Å². The number of thiophene rings is 1. The highest BCUT2D eigenvalue weighted by Gasteiger charge is 2.15. The van der Waals surface area contributed by atoms with Gasteiger partial charge in [0.15, 0.2) is 0 Å². The van der Waals surface area contributed by atoms with Gasteiger partial charge in [-0.1, -0.05) is 28.1 Å². The Balaban J connectivity index is 2.38. The Morgan fingerprint density at radius 3 is 2.50 bits per heavy atom. The molecule has 1 nitrogen and oxygen atoms in total. The normalized spacial score (nSPS) is 12.8. The fourth-order valence-corrected chi connectivity index (χ4v) is 3.34. The van der Waals surface area contributed by atoms with Gasteiger partial charge < -0.3 is 5.11 Å². The van der Waals surface area contributed by atoms with Gasteiger partial charge in [-0.15, -0.1) is 11.3 Å². The maximum Gasteiger partial charge on any atom is 0.114 e. The van der Waals surface area contributed by atoms with Crippen LogP contribution in [-0.2, 0) is 0 Å². The Hall–Kier alpha value is -0.160. The van der Waals surface area contributed by atoms with Crippen molar-refractivity contribution in [2.45, 2.75) is 13.0 Å². The zero-order valence-corrected chi connectivity index (χ0v) is 12.6. The summed E-state index contributed by atoms with van der Waals surface area (Å²) in [5.74, 6) is 0. The first-order valence-electron chi connectivity index (χ1n) is 4.76. The fourth-order valence-electron chi connectivity index (χ4n) is 1.49. The van der Waals surface area contributed by atoms with E-state index in [0.29, 0.717) is 0 Å². The molecule has 1 N–H and O–H groups in total. The van der Waals surface area contributed by atoms with Crippen LogP contribution in [0.3, 0.4) is 0 Å². The van der Waals surface area contributed by atoms with E-state index < -0.39 is 6.10 Å². The zero-order valence-electron chi connectivity index (χ0n) is 8.58. The summed E-state index contributed by atoms with van der Waals surface area (Å²) >= 11 is 8.45. The highest BCUT2D eigenvalue weighted by Crippen LogP contribution is 2.34. The second-order valence-electron chi connectivity index (χ2n) is 3.54. The van der Waals surface area contributed by atoms with Crippen LogP contribution in [0.2, 0.25) is 0 Å². The topological polar surface area (TPSA) is 20.2 Å². The van der Waals surface area contributed by atoms with E-state index in [1.54, 1.807) is 11.3 Å². The van der Waals surface area contributed by atoms with Crippen molar-refractivity contribution in [2.24, 2.45) is 0 Å². The van der Waals surface area contributed by atoms with Crippen LogP contribution in [0.4, 0.5) is 0 Å². The third-order valence-electron chi connectivity index (χ3n) is 2.39. The summed E-state index contributed by atoms with van der Waals surface area (Å²) in [7, 11) is 0. The number of aryl methyl sites for hydroxylation is 1. The molecule has 0 radical (unpaired) electrons. The lowest BCUT2D eigenvalue weighted by atomic mass is 10.1. The first-order chi connectivity index (χ1) is 7.59. The van der Waals surface area contributed by atoms with Crippen molar-refractivity contribution in [1.82, 2.24) is 0 Å². The van der Waals surface area contributed by atoms with Crippen molar-refractivity contribution in [3.8, 4) is 0 Å². The zero-order chi connectivity index (χ0) is 11.7. The molecule has 0 bridgehead atoms. The van der Waals surface area contributed by atoms with Crippen LogP contribution in [0.5, 0.6) is 0 Å². The summed E-state index contributed by atoms with van der Waals surface area (Å²) in [6, 6.07) is 7.86. The van der Waals surface area contributed by atoms with Crippen molar-refractivity contribution in [3.05, 3.63) is 54.6 Å². The molecule has 1 unspecified atom stereocenters. The van der Waals surface area contributed by atoms with Crippen molar-refractivity contribution in [1.29, 1.82) is 0 Å². The van der Waals surface area contributed by atoms with E-state index in [1.165, 1.54) is 0 Å². The van der Waals surface area contributed by atoms with Gasteiger partial charge in [0.05, 0.1) is 4.88 Å². The number of benzene rings is 1. The van der Waals surface area contributed by atoms with E-state index in [9.17, 15) is 5.11 Å². The minimum Gasteiger partial charge on any atom is -0.383 e. The minimum atomic E-state index is -0.554. The fraction of sp³-hybridized carbons (Fsp3) is 0.167. The van der Waals surface area contributed by atoms with Gasteiger partial charge in [0, 0.05) is 8.95 Å². The summed E-state index contributed by atoms with van der Waals surface area (Å²) in [5, 5.41) is 12.2. The van der Waals surface area contributed by atoms with Gasteiger partial charge in [-0.3, -0.25) is 0 Å². The van der Waals surface area contributed by atoms with Crippen LogP contribution in [0.25, 0.3) is 0 Å². The molecule has 2 aromatic rings. The van der Waals surface area contributed by atoms with Gasteiger partial charge >= 0.3 is 0 Å². The van der Waals surface area contributed by atoms with Gasteiger partial charge in [0.2, 0.25) is 0 Å². The van der Waals surface area contributed by atoms with Gasteiger partial charge in [0.1, 0.15) is 6.10 Å². The predicted molar refractivity (Wildman–Crippen MR) is 75.0 cm³/mol. The Kier molecular flexibility index (Phi) is 3.85. The monoisotopic (exact) mass is 360 g/mol. The van der Waals surface area contributed by atoms with Gasteiger partial charge in [-0.25, -0.2) is 0 Å². The Labute approximate surface area is 115 Å². The molecule has 1 atom stereocenters. The van der Waals surface area contributed by atoms with Crippen molar-refractivity contribution in [2.75, 3.05) is 0 Å². The maximum absolute atomic E-state index is 10.2. The number of aliphatic hydroxyl groups is 1. The Morgan fingerprint density at radius 2 is 1.94 bits per heavy atom. The summed E-state index contributed by atoms with van der Waals surface area (Å²) in [5.41, 5.74) is 2.05. The average molecular weight is 362 g/mol. The lowest BCUT2D eigenvalue weighted by Gasteiger charge is -2.11. The summed E-state index contributed by atoms with van der Waals surface area (Å²) < 4.78 is 2.03. The molecule has 84 valence electrons. The number of rotatable bonds is 2. The highest BCUT2D eigenvalue weighted by atomic mass is 79.9. The molecule has 4 heteroatoms. The third-order valence-corrected chi connectivity index (χ3v) is 5.20. The largest absolute Gasteiger partial charge is 0.383 e. The molecular weight excluding hydrogens is 352 g/mol. The molecule has 0 saturated carbocycles. The minimum absolute atomic E-state index is 0.554. The Morgan fingerprint density at radius 1 is 1.19 bits per heavy atom. The van der Waals surface area contributed by atoms with Crippen LogP contribution in [0, 0.1) is 6.92 Å². The smallest absolute Gasteiger partial charge is 0.114 e. The molecule has 0 fully saturated rings. The van der Waals surface area contributed by atoms with Crippen LogP contribution in [0.1, 0.15) is 22.1 Å². The average Bonchev–Trinajstić information content (AvgIpc) is 2.67. The lowest BCUT2D eigenvalue weighted by Crippen LogP contribution is -1.98. The van der Waals surface area contributed by atoms with Crippen LogP contribution in [-0.4, -0.2) is 5.11 Å². The first-order valence-corrected chi connectivity index (χ1v) is 7.23. The number of halogens is 2. The molecule has 1 heterocycles. The highest BCUT2D eigenvalue weighted by molar-refractivity contribution is 9.10.